The Bertz CT molecular complexity index is 557. The highest BCUT2D eigenvalue weighted by Gasteiger charge is 2.08. The largest absolute Gasteiger partial charge is 0.506 e. The minimum Gasteiger partial charge on any atom is -0.506 e. The van der Waals surface area contributed by atoms with Gasteiger partial charge in [-0.25, -0.2) is 0 Å². The summed E-state index contributed by atoms with van der Waals surface area (Å²) < 4.78 is 1.07. The quantitative estimate of drug-likeness (QED) is 0.848. The van der Waals surface area contributed by atoms with Crippen molar-refractivity contribution in [2.24, 2.45) is 0 Å². The predicted octanol–water partition coefficient (Wildman–Crippen LogP) is 4.66. The van der Waals surface area contributed by atoms with Gasteiger partial charge in [-0.1, -0.05) is 51.8 Å². The van der Waals surface area contributed by atoms with E-state index in [0.29, 0.717) is 11.6 Å². The fraction of sp³-hybridized carbons (Fsp3) is 0.200. The Kier molecular flexibility index (Phi) is 4.86. The topological polar surface area (TPSA) is 32.3 Å². The fourth-order valence-electron chi connectivity index (χ4n) is 1.84. The molecule has 2 N–H and O–H groups in total. The molecule has 0 saturated carbocycles. The zero-order valence-corrected chi connectivity index (χ0v) is 12.9. The first-order valence-corrected chi connectivity index (χ1v) is 7.20. The highest BCUT2D eigenvalue weighted by Crippen LogP contribution is 2.27. The Hall–Kier alpha value is -1.03. The lowest BCUT2D eigenvalue weighted by atomic mass is 10.1. The molecule has 0 heterocycles. The van der Waals surface area contributed by atoms with Crippen LogP contribution in [0.1, 0.15) is 24.1 Å². The summed E-state index contributed by atoms with van der Waals surface area (Å²) in [5.74, 6) is 0.152. The van der Waals surface area contributed by atoms with Crippen LogP contribution in [0.2, 0.25) is 5.02 Å². The van der Waals surface area contributed by atoms with Gasteiger partial charge in [-0.2, -0.15) is 0 Å². The number of hydrogen-bond donors (Lipinski definition) is 2. The molecular formula is C15H15BrClNO. The summed E-state index contributed by atoms with van der Waals surface area (Å²) in [5.41, 5.74) is 2.00. The second-order valence-electron chi connectivity index (χ2n) is 4.40. The molecule has 0 aromatic heterocycles. The third-order valence-electron chi connectivity index (χ3n) is 3.04. The number of hydrogen-bond acceptors (Lipinski definition) is 2. The normalized spacial score (nSPS) is 12.4. The molecule has 4 heteroatoms. The average Bonchev–Trinajstić information content (AvgIpc) is 2.41. The van der Waals surface area contributed by atoms with E-state index in [-0.39, 0.29) is 11.8 Å². The minimum atomic E-state index is 0.152. The van der Waals surface area contributed by atoms with Gasteiger partial charge >= 0.3 is 0 Å². The molecule has 0 spiro atoms. The van der Waals surface area contributed by atoms with Crippen molar-refractivity contribution < 1.29 is 5.11 Å². The highest BCUT2D eigenvalue weighted by molar-refractivity contribution is 9.10. The minimum absolute atomic E-state index is 0.152. The van der Waals surface area contributed by atoms with Gasteiger partial charge in [0, 0.05) is 22.6 Å². The van der Waals surface area contributed by atoms with Crippen molar-refractivity contribution in [1.29, 1.82) is 0 Å². The van der Waals surface area contributed by atoms with E-state index in [9.17, 15) is 5.11 Å². The molecule has 0 aliphatic rings. The van der Waals surface area contributed by atoms with Gasteiger partial charge in [-0.3, -0.25) is 0 Å². The molecule has 0 aliphatic heterocycles. The van der Waals surface area contributed by atoms with Gasteiger partial charge in [-0.15, -0.1) is 0 Å². The van der Waals surface area contributed by atoms with Crippen molar-refractivity contribution in [3.63, 3.8) is 0 Å². The summed E-state index contributed by atoms with van der Waals surface area (Å²) in [6.07, 6.45) is 0. The van der Waals surface area contributed by atoms with Crippen molar-refractivity contribution in [3.05, 3.63) is 63.1 Å². The van der Waals surface area contributed by atoms with E-state index in [4.69, 9.17) is 11.6 Å². The lowest BCUT2D eigenvalue weighted by Crippen LogP contribution is -2.18. The van der Waals surface area contributed by atoms with E-state index >= 15 is 0 Å². The number of aromatic hydroxyl groups is 1. The Morgan fingerprint density at radius 3 is 2.58 bits per heavy atom. The predicted molar refractivity (Wildman–Crippen MR) is 82.5 cm³/mol. The number of phenols is 1. The Morgan fingerprint density at radius 2 is 1.89 bits per heavy atom. The first-order chi connectivity index (χ1) is 9.08. The molecular weight excluding hydrogens is 326 g/mol. The monoisotopic (exact) mass is 339 g/mol. The summed E-state index contributed by atoms with van der Waals surface area (Å²) in [7, 11) is 0. The molecule has 1 atom stereocenters. The molecule has 0 saturated heterocycles. The van der Waals surface area contributed by atoms with Crippen LogP contribution in [0.5, 0.6) is 5.75 Å². The van der Waals surface area contributed by atoms with Crippen LogP contribution in [0.25, 0.3) is 0 Å². The molecule has 0 radical (unpaired) electrons. The van der Waals surface area contributed by atoms with Gasteiger partial charge < -0.3 is 10.4 Å². The number of phenolic OH excluding ortho intramolecular Hbond substituents is 1. The number of nitrogens with one attached hydrogen (secondary N) is 1. The van der Waals surface area contributed by atoms with Crippen LogP contribution in [0.3, 0.4) is 0 Å². The average molecular weight is 341 g/mol. The Labute approximate surface area is 126 Å². The molecule has 0 aliphatic carbocycles. The van der Waals surface area contributed by atoms with Crippen LogP contribution in [-0.2, 0) is 6.54 Å². The smallest absolute Gasteiger partial charge is 0.138 e. The lowest BCUT2D eigenvalue weighted by molar-refractivity contribution is 0.460. The molecule has 2 aromatic rings. The summed E-state index contributed by atoms with van der Waals surface area (Å²) in [5, 5.41) is 13.6. The molecule has 0 fully saturated rings. The zero-order chi connectivity index (χ0) is 13.8. The summed E-state index contributed by atoms with van der Waals surface area (Å²) in [6, 6.07) is 13.8. The van der Waals surface area contributed by atoms with Crippen molar-refractivity contribution in [2.75, 3.05) is 0 Å². The Morgan fingerprint density at radius 1 is 1.21 bits per heavy atom. The van der Waals surface area contributed by atoms with Crippen LogP contribution in [0, 0.1) is 0 Å². The van der Waals surface area contributed by atoms with Crippen LogP contribution in [-0.4, -0.2) is 5.11 Å². The molecule has 2 nitrogen and oxygen atoms in total. The number of benzene rings is 2. The van der Waals surface area contributed by atoms with Crippen molar-refractivity contribution >= 4 is 27.5 Å². The standard InChI is InChI=1S/C15H15BrClNO/c1-10(11-5-7-13(16)8-6-11)18-9-12-3-2-4-14(17)15(12)19/h2-8,10,18-19H,9H2,1H3/t10-/m1/s1. The summed E-state index contributed by atoms with van der Waals surface area (Å²) in [6.45, 7) is 2.66. The first-order valence-electron chi connectivity index (χ1n) is 6.03. The van der Waals surface area contributed by atoms with Crippen LogP contribution >= 0.6 is 27.5 Å². The maximum absolute atomic E-state index is 9.84. The molecule has 100 valence electrons. The fourth-order valence-corrected chi connectivity index (χ4v) is 2.29. The molecule has 19 heavy (non-hydrogen) atoms. The van der Waals surface area contributed by atoms with E-state index in [0.717, 1.165) is 10.0 Å². The Balaban J connectivity index is 2.02. The van der Waals surface area contributed by atoms with E-state index in [2.05, 4.69) is 40.3 Å². The van der Waals surface area contributed by atoms with Crippen molar-refractivity contribution in [3.8, 4) is 5.75 Å². The van der Waals surface area contributed by atoms with Gasteiger partial charge in [0.25, 0.3) is 0 Å². The van der Waals surface area contributed by atoms with Gasteiger partial charge in [0.2, 0.25) is 0 Å². The first kappa shape index (κ1) is 14.4. The molecule has 0 unspecified atom stereocenters. The van der Waals surface area contributed by atoms with E-state index < -0.39 is 0 Å². The second-order valence-corrected chi connectivity index (χ2v) is 5.72. The number of rotatable bonds is 4. The van der Waals surface area contributed by atoms with Gasteiger partial charge in [0.1, 0.15) is 5.75 Å². The highest BCUT2D eigenvalue weighted by atomic mass is 79.9. The maximum atomic E-state index is 9.84. The molecule has 0 amide bonds. The third-order valence-corrected chi connectivity index (χ3v) is 3.87. The van der Waals surface area contributed by atoms with E-state index in [1.165, 1.54) is 5.56 Å². The molecule has 0 bridgehead atoms. The molecule has 2 rings (SSSR count). The summed E-state index contributed by atoms with van der Waals surface area (Å²) >= 11 is 9.30. The number of para-hydroxylation sites is 1. The van der Waals surface area contributed by atoms with Gasteiger partial charge in [0.05, 0.1) is 5.02 Å². The van der Waals surface area contributed by atoms with Crippen molar-refractivity contribution in [1.82, 2.24) is 5.32 Å². The zero-order valence-electron chi connectivity index (χ0n) is 10.5. The van der Waals surface area contributed by atoms with Crippen molar-refractivity contribution in [2.45, 2.75) is 19.5 Å². The van der Waals surface area contributed by atoms with Gasteiger partial charge in [0.15, 0.2) is 0 Å². The van der Waals surface area contributed by atoms with E-state index in [1.807, 2.05) is 24.3 Å². The van der Waals surface area contributed by atoms with Crippen LogP contribution in [0.4, 0.5) is 0 Å². The van der Waals surface area contributed by atoms with Gasteiger partial charge in [-0.05, 0) is 30.7 Å². The molecule has 2 aromatic carbocycles. The second kappa shape index (κ2) is 6.42. The van der Waals surface area contributed by atoms with Crippen LogP contribution in [0.15, 0.2) is 46.9 Å². The summed E-state index contributed by atoms with van der Waals surface area (Å²) in [4.78, 5) is 0. The maximum Gasteiger partial charge on any atom is 0.138 e. The lowest BCUT2D eigenvalue weighted by Gasteiger charge is -2.15. The SMILES string of the molecule is C[C@@H](NCc1cccc(Cl)c1O)c1ccc(Br)cc1. The third kappa shape index (κ3) is 3.72. The van der Waals surface area contributed by atoms with Crippen LogP contribution < -0.4 is 5.32 Å². The van der Waals surface area contributed by atoms with E-state index in [1.54, 1.807) is 6.07 Å². The number of halogens is 2.